The Balaban J connectivity index is 2.17. The van der Waals surface area contributed by atoms with Gasteiger partial charge in [0.25, 0.3) is 5.91 Å². The molecule has 0 aliphatic heterocycles. The average molecular weight is 273 g/mol. The van der Waals surface area contributed by atoms with Crippen LogP contribution in [0, 0.1) is 6.92 Å². The molecule has 1 aromatic carbocycles. The molecule has 20 heavy (non-hydrogen) atoms. The van der Waals surface area contributed by atoms with Crippen molar-refractivity contribution in [1.29, 1.82) is 0 Å². The molecule has 0 atom stereocenters. The quantitative estimate of drug-likeness (QED) is 0.895. The van der Waals surface area contributed by atoms with Gasteiger partial charge < -0.3 is 10.0 Å². The Morgan fingerprint density at radius 2 is 2.05 bits per heavy atom. The summed E-state index contributed by atoms with van der Waals surface area (Å²) in [5.41, 5.74) is 2.37. The molecule has 0 fully saturated rings. The number of aliphatic hydroxyl groups excluding tert-OH is 1. The Kier molecular flexibility index (Phi) is 4.53. The van der Waals surface area contributed by atoms with E-state index in [1.54, 1.807) is 22.7 Å². The lowest BCUT2D eigenvalue weighted by atomic mass is 10.2. The molecule has 5 heteroatoms. The highest BCUT2D eigenvalue weighted by molar-refractivity contribution is 5.92. The molecule has 0 radical (unpaired) electrons. The van der Waals surface area contributed by atoms with Gasteiger partial charge in [-0.05, 0) is 18.6 Å². The van der Waals surface area contributed by atoms with Crippen molar-refractivity contribution < 1.29 is 9.90 Å². The molecule has 0 saturated carbocycles. The van der Waals surface area contributed by atoms with Gasteiger partial charge in [0.1, 0.15) is 0 Å². The van der Waals surface area contributed by atoms with E-state index in [4.69, 9.17) is 5.11 Å². The summed E-state index contributed by atoms with van der Waals surface area (Å²) in [4.78, 5) is 14.1. The van der Waals surface area contributed by atoms with E-state index in [1.807, 2.05) is 37.3 Å². The summed E-state index contributed by atoms with van der Waals surface area (Å²) >= 11 is 0. The molecule has 106 valence electrons. The lowest BCUT2D eigenvalue weighted by molar-refractivity contribution is 0.0701. The number of nitrogens with zero attached hydrogens (tertiary/aromatic N) is 3. The summed E-state index contributed by atoms with van der Waals surface area (Å²) < 4.78 is 1.67. The van der Waals surface area contributed by atoms with Crippen molar-refractivity contribution in [2.24, 2.45) is 7.05 Å². The van der Waals surface area contributed by atoms with Gasteiger partial charge in [-0.3, -0.25) is 9.48 Å². The Labute approximate surface area is 118 Å². The van der Waals surface area contributed by atoms with E-state index in [9.17, 15) is 4.79 Å². The van der Waals surface area contributed by atoms with Crippen LogP contribution in [0.25, 0.3) is 0 Å². The number of amides is 1. The van der Waals surface area contributed by atoms with Gasteiger partial charge >= 0.3 is 0 Å². The van der Waals surface area contributed by atoms with Crippen LogP contribution in [-0.2, 0) is 13.6 Å². The molecule has 0 aliphatic carbocycles. The molecule has 2 rings (SSSR count). The lowest BCUT2D eigenvalue weighted by Gasteiger charge is -2.20. The first kappa shape index (κ1) is 14.3. The molecular weight excluding hydrogens is 254 g/mol. The van der Waals surface area contributed by atoms with Gasteiger partial charge in [-0.1, -0.05) is 30.3 Å². The number of aryl methyl sites for hydroxylation is 2. The smallest absolute Gasteiger partial charge is 0.274 e. The fraction of sp³-hybridized carbons (Fsp3) is 0.333. The van der Waals surface area contributed by atoms with Gasteiger partial charge in [-0.2, -0.15) is 5.10 Å². The summed E-state index contributed by atoms with van der Waals surface area (Å²) in [5.74, 6) is -0.161. The maximum absolute atomic E-state index is 12.4. The number of aromatic nitrogens is 2. The zero-order valence-corrected chi connectivity index (χ0v) is 11.8. The summed E-state index contributed by atoms with van der Waals surface area (Å²) in [6.45, 7) is 2.60. The van der Waals surface area contributed by atoms with Crippen molar-refractivity contribution in [2.45, 2.75) is 13.5 Å². The van der Waals surface area contributed by atoms with E-state index in [2.05, 4.69) is 5.10 Å². The van der Waals surface area contributed by atoms with Crippen molar-refractivity contribution in [2.75, 3.05) is 13.2 Å². The SMILES string of the molecule is Cc1cc(C(=O)N(CCO)Cc2ccccc2)nn1C. The van der Waals surface area contributed by atoms with Crippen LogP contribution in [0.2, 0.25) is 0 Å². The molecule has 0 saturated heterocycles. The highest BCUT2D eigenvalue weighted by atomic mass is 16.3. The zero-order chi connectivity index (χ0) is 14.5. The van der Waals surface area contributed by atoms with Gasteiger partial charge in [0.05, 0.1) is 6.61 Å². The van der Waals surface area contributed by atoms with Crippen LogP contribution in [0.15, 0.2) is 36.4 Å². The van der Waals surface area contributed by atoms with Crippen molar-refractivity contribution in [1.82, 2.24) is 14.7 Å². The monoisotopic (exact) mass is 273 g/mol. The minimum atomic E-state index is -0.161. The van der Waals surface area contributed by atoms with Gasteiger partial charge in [0.2, 0.25) is 0 Å². The summed E-state index contributed by atoms with van der Waals surface area (Å²) in [5, 5.41) is 13.3. The normalized spacial score (nSPS) is 10.6. The van der Waals surface area contributed by atoms with Gasteiger partial charge in [-0.25, -0.2) is 0 Å². The molecule has 2 aromatic rings. The molecule has 1 N–H and O–H groups in total. The summed E-state index contributed by atoms with van der Waals surface area (Å²) in [6, 6.07) is 11.5. The van der Waals surface area contributed by atoms with Gasteiger partial charge in [0.15, 0.2) is 5.69 Å². The van der Waals surface area contributed by atoms with Crippen molar-refractivity contribution in [3.8, 4) is 0 Å². The number of hydrogen-bond acceptors (Lipinski definition) is 3. The number of aliphatic hydroxyl groups is 1. The second-order valence-electron chi connectivity index (χ2n) is 4.73. The standard InChI is InChI=1S/C15H19N3O2/c1-12-10-14(16-17(12)2)15(20)18(8-9-19)11-13-6-4-3-5-7-13/h3-7,10,19H,8-9,11H2,1-2H3. The molecule has 0 spiro atoms. The Morgan fingerprint density at radius 1 is 1.35 bits per heavy atom. The van der Waals surface area contributed by atoms with Crippen LogP contribution < -0.4 is 0 Å². The molecule has 1 heterocycles. The van der Waals surface area contributed by atoms with Crippen LogP contribution in [-0.4, -0.2) is 38.8 Å². The predicted molar refractivity (Wildman–Crippen MR) is 76.2 cm³/mol. The van der Waals surface area contributed by atoms with E-state index < -0.39 is 0 Å². The van der Waals surface area contributed by atoms with E-state index in [1.165, 1.54) is 0 Å². The first-order chi connectivity index (χ1) is 9.61. The minimum Gasteiger partial charge on any atom is -0.395 e. The highest BCUT2D eigenvalue weighted by Gasteiger charge is 2.18. The first-order valence-electron chi connectivity index (χ1n) is 6.56. The molecule has 5 nitrogen and oxygen atoms in total. The van der Waals surface area contributed by atoms with E-state index in [-0.39, 0.29) is 12.5 Å². The fourth-order valence-electron chi connectivity index (χ4n) is 2.00. The fourth-order valence-corrected chi connectivity index (χ4v) is 2.00. The Bertz CT molecular complexity index is 559. The molecule has 0 aliphatic rings. The second kappa shape index (κ2) is 6.34. The third kappa shape index (κ3) is 3.24. The van der Waals surface area contributed by atoms with Crippen LogP contribution >= 0.6 is 0 Å². The van der Waals surface area contributed by atoms with Crippen molar-refractivity contribution in [3.05, 3.63) is 53.3 Å². The van der Waals surface area contributed by atoms with Crippen molar-refractivity contribution >= 4 is 5.91 Å². The lowest BCUT2D eigenvalue weighted by Crippen LogP contribution is -2.33. The maximum atomic E-state index is 12.4. The van der Waals surface area contributed by atoms with Gasteiger partial charge in [-0.15, -0.1) is 0 Å². The third-order valence-electron chi connectivity index (χ3n) is 3.21. The largest absolute Gasteiger partial charge is 0.395 e. The average Bonchev–Trinajstić information content (AvgIpc) is 2.78. The Morgan fingerprint density at radius 3 is 2.60 bits per heavy atom. The van der Waals surface area contributed by atoms with Crippen molar-refractivity contribution in [3.63, 3.8) is 0 Å². The number of benzene rings is 1. The van der Waals surface area contributed by atoms with Crippen LogP contribution in [0.1, 0.15) is 21.7 Å². The first-order valence-corrected chi connectivity index (χ1v) is 6.56. The highest BCUT2D eigenvalue weighted by Crippen LogP contribution is 2.10. The predicted octanol–water partition coefficient (Wildman–Crippen LogP) is 1.36. The second-order valence-corrected chi connectivity index (χ2v) is 4.73. The minimum absolute atomic E-state index is 0.0651. The van der Waals surface area contributed by atoms with E-state index in [0.29, 0.717) is 18.8 Å². The summed E-state index contributed by atoms with van der Waals surface area (Å²) in [7, 11) is 1.81. The molecule has 0 unspecified atom stereocenters. The molecule has 0 bridgehead atoms. The molecule has 1 amide bonds. The van der Waals surface area contributed by atoms with Crippen LogP contribution in [0.4, 0.5) is 0 Å². The zero-order valence-electron chi connectivity index (χ0n) is 11.8. The van der Waals surface area contributed by atoms with Crippen LogP contribution in [0.5, 0.6) is 0 Å². The maximum Gasteiger partial charge on any atom is 0.274 e. The number of carbonyl (C=O) groups excluding carboxylic acids is 1. The molecule has 1 aromatic heterocycles. The topological polar surface area (TPSA) is 58.4 Å². The van der Waals surface area contributed by atoms with Gasteiger partial charge in [0, 0.05) is 25.8 Å². The number of hydrogen-bond donors (Lipinski definition) is 1. The third-order valence-corrected chi connectivity index (χ3v) is 3.21. The number of rotatable bonds is 5. The number of carbonyl (C=O) groups is 1. The Hall–Kier alpha value is -2.14. The van der Waals surface area contributed by atoms with E-state index in [0.717, 1.165) is 11.3 Å². The van der Waals surface area contributed by atoms with E-state index >= 15 is 0 Å². The summed E-state index contributed by atoms with van der Waals surface area (Å²) in [6.07, 6.45) is 0. The molecular formula is C15H19N3O2. The van der Waals surface area contributed by atoms with Crippen LogP contribution in [0.3, 0.4) is 0 Å².